The van der Waals surface area contributed by atoms with Gasteiger partial charge in [-0.05, 0) is 35.2 Å². The predicted octanol–water partition coefficient (Wildman–Crippen LogP) is 1.52. The monoisotopic (exact) mass is 310 g/mol. The smallest absolute Gasteiger partial charge is 0.318 e. The van der Waals surface area contributed by atoms with E-state index in [0.29, 0.717) is 6.54 Å². The number of hydrogen-bond donors (Lipinski definition) is 2. The molecule has 7 heteroatoms. The van der Waals surface area contributed by atoms with Crippen molar-refractivity contribution in [2.24, 2.45) is 5.92 Å². The Hall–Kier alpha value is -1.60. The standard InChI is InChI=1S/C14H18N2O4S/c17-13(18)11-6-20-7-12(11)15-14(19)16(10-1-2-10)5-9-3-4-21-8-9/h3-4,8,10-12H,1-2,5-7H2,(H,15,19)(H,17,18). The molecule has 2 amide bonds. The largest absolute Gasteiger partial charge is 0.481 e. The van der Waals surface area contributed by atoms with Gasteiger partial charge in [-0.25, -0.2) is 4.79 Å². The molecule has 6 nitrogen and oxygen atoms in total. The summed E-state index contributed by atoms with van der Waals surface area (Å²) in [4.78, 5) is 25.4. The lowest BCUT2D eigenvalue weighted by Crippen LogP contribution is -2.49. The number of aliphatic carboxylic acids is 1. The number of hydrogen-bond acceptors (Lipinski definition) is 4. The Morgan fingerprint density at radius 3 is 2.86 bits per heavy atom. The minimum atomic E-state index is -0.923. The van der Waals surface area contributed by atoms with Gasteiger partial charge >= 0.3 is 12.0 Å². The Bertz CT molecular complexity index is 515. The molecule has 0 radical (unpaired) electrons. The first-order valence-electron chi connectivity index (χ1n) is 7.04. The van der Waals surface area contributed by atoms with Crippen LogP contribution in [0.4, 0.5) is 4.79 Å². The molecule has 0 bridgehead atoms. The van der Waals surface area contributed by atoms with Gasteiger partial charge in [0.15, 0.2) is 0 Å². The summed E-state index contributed by atoms with van der Waals surface area (Å²) in [5.74, 6) is -1.58. The van der Waals surface area contributed by atoms with E-state index in [9.17, 15) is 9.59 Å². The summed E-state index contributed by atoms with van der Waals surface area (Å²) in [7, 11) is 0. The van der Waals surface area contributed by atoms with Crippen LogP contribution in [0.25, 0.3) is 0 Å². The molecule has 1 aromatic heterocycles. The highest BCUT2D eigenvalue weighted by atomic mass is 32.1. The fourth-order valence-electron chi connectivity index (χ4n) is 2.51. The second-order valence-corrected chi connectivity index (χ2v) is 6.31. The lowest BCUT2D eigenvalue weighted by atomic mass is 10.0. The Kier molecular flexibility index (Phi) is 4.12. The third-order valence-electron chi connectivity index (χ3n) is 3.89. The molecule has 2 heterocycles. The maximum Gasteiger partial charge on any atom is 0.318 e. The first-order valence-corrected chi connectivity index (χ1v) is 7.98. The van der Waals surface area contributed by atoms with Crippen LogP contribution < -0.4 is 5.32 Å². The summed E-state index contributed by atoms with van der Waals surface area (Å²) in [5, 5.41) is 16.0. The van der Waals surface area contributed by atoms with E-state index in [2.05, 4.69) is 5.32 Å². The zero-order valence-corrected chi connectivity index (χ0v) is 12.3. The van der Waals surface area contributed by atoms with E-state index in [1.165, 1.54) is 0 Å². The van der Waals surface area contributed by atoms with Crippen LogP contribution in [-0.2, 0) is 16.1 Å². The maximum atomic E-state index is 12.4. The number of carbonyl (C=O) groups is 2. The van der Waals surface area contributed by atoms with Crippen LogP contribution in [0.15, 0.2) is 16.8 Å². The fourth-order valence-corrected chi connectivity index (χ4v) is 3.17. The minimum Gasteiger partial charge on any atom is -0.481 e. The number of thiophene rings is 1. The molecule has 3 rings (SSSR count). The average Bonchev–Trinajstić information content (AvgIpc) is 2.97. The van der Waals surface area contributed by atoms with E-state index in [0.717, 1.165) is 18.4 Å². The first-order chi connectivity index (χ1) is 10.1. The van der Waals surface area contributed by atoms with Gasteiger partial charge in [-0.1, -0.05) is 0 Å². The number of rotatable bonds is 5. The number of carboxylic acids is 1. The van der Waals surface area contributed by atoms with Crippen LogP contribution in [0, 0.1) is 5.92 Å². The highest BCUT2D eigenvalue weighted by molar-refractivity contribution is 7.07. The zero-order valence-electron chi connectivity index (χ0n) is 11.5. The molecule has 0 spiro atoms. The molecule has 2 N–H and O–H groups in total. The summed E-state index contributed by atoms with van der Waals surface area (Å²) in [6.07, 6.45) is 2.03. The average molecular weight is 310 g/mol. The van der Waals surface area contributed by atoms with Crippen LogP contribution in [0.2, 0.25) is 0 Å². The van der Waals surface area contributed by atoms with Crippen molar-refractivity contribution in [3.05, 3.63) is 22.4 Å². The van der Waals surface area contributed by atoms with Crippen LogP contribution in [0.1, 0.15) is 18.4 Å². The van der Waals surface area contributed by atoms with E-state index >= 15 is 0 Å². The molecule has 0 aromatic carbocycles. The van der Waals surface area contributed by atoms with Crippen LogP contribution in [-0.4, -0.2) is 47.3 Å². The van der Waals surface area contributed by atoms with Crippen LogP contribution >= 0.6 is 11.3 Å². The van der Waals surface area contributed by atoms with Crippen molar-refractivity contribution in [3.63, 3.8) is 0 Å². The quantitative estimate of drug-likeness (QED) is 0.864. The lowest BCUT2D eigenvalue weighted by molar-refractivity contribution is -0.142. The predicted molar refractivity (Wildman–Crippen MR) is 77.1 cm³/mol. The van der Waals surface area contributed by atoms with Crippen molar-refractivity contribution < 1.29 is 19.4 Å². The summed E-state index contributed by atoms with van der Waals surface area (Å²) >= 11 is 1.61. The normalized spacial score (nSPS) is 24.8. The molecule has 2 unspecified atom stereocenters. The van der Waals surface area contributed by atoms with E-state index in [1.54, 1.807) is 16.2 Å². The summed E-state index contributed by atoms with van der Waals surface area (Å²) < 4.78 is 5.18. The second kappa shape index (κ2) is 6.03. The van der Waals surface area contributed by atoms with Gasteiger partial charge in [0, 0.05) is 12.6 Å². The summed E-state index contributed by atoms with van der Waals surface area (Å²) in [6.45, 7) is 0.999. The molecular weight excluding hydrogens is 292 g/mol. The summed E-state index contributed by atoms with van der Waals surface area (Å²) in [6, 6.07) is 1.64. The fraction of sp³-hybridized carbons (Fsp3) is 0.571. The van der Waals surface area contributed by atoms with Gasteiger partial charge in [0.25, 0.3) is 0 Å². The molecule has 1 aliphatic heterocycles. The lowest BCUT2D eigenvalue weighted by Gasteiger charge is -2.25. The van der Waals surface area contributed by atoms with Crippen molar-refractivity contribution in [2.45, 2.75) is 31.5 Å². The Morgan fingerprint density at radius 1 is 1.43 bits per heavy atom. The second-order valence-electron chi connectivity index (χ2n) is 5.53. The Labute approximate surface area is 126 Å². The molecular formula is C14H18N2O4S. The number of amides is 2. The molecule has 21 heavy (non-hydrogen) atoms. The van der Waals surface area contributed by atoms with Gasteiger partial charge in [-0.15, -0.1) is 0 Å². The molecule has 1 aromatic rings. The third kappa shape index (κ3) is 3.36. The Morgan fingerprint density at radius 2 is 2.24 bits per heavy atom. The van der Waals surface area contributed by atoms with Gasteiger partial charge in [0.2, 0.25) is 0 Å². The van der Waals surface area contributed by atoms with E-state index in [1.807, 2.05) is 16.8 Å². The first kappa shape index (κ1) is 14.3. The van der Waals surface area contributed by atoms with Crippen LogP contribution in [0.5, 0.6) is 0 Å². The topological polar surface area (TPSA) is 78.9 Å². The van der Waals surface area contributed by atoms with Crippen molar-refractivity contribution in [1.29, 1.82) is 0 Å². The zero-order chi connectivity index (χ0) is 14.8. The van der Waals surface area contributed by atoms with Crippen molar-refractivity contribution in [3.8, 4) is 0 Å². The van der Waals surface area contributed by atoms with E-state index < -0.39 is 17.9 Å². The highest BCUT2D eigenvalue weighted by Gasteiger charge is 2.38. The number of urea groups is 1. The molecule has 1 saturated heterocycles. The van der Waals surface area contributed by atoms with Gasteiger partial charge < -0.3 is 20.1 Å². The molecule has 2 atom stereocenters. The van der Waals surface area contributed by atoms with Crippen molar-refractivity contribution >= 4 is 23.3 Å². The van der Waals surface area contributed by atoms with E-state index in [4.69, 9.17) is 9.84 Å². The van der Waals surface area contributed by atoms with Crippen molar-refractivity contribution in [1.82, 2.24) is 10.2 Å². The third-order valence-corrected chi connectivity index (χ3v) is 4.62. The number of carboxylic acid groups (broad SMARTS) is 1. The van der Waals surface area contributed by atoms with Gasteiger partial charge in [-0.3, -0.25) is 4.79 Å². The van der Waals surface area contributed by atoms with Gasteiger partial charge in [0.05, 0.1) is 19.3 Å². The van der Waals surface area contributed by atoms with Crippen LogP contribution in [0.3, 0.4) is 0 Å². The molecule has 1 saturated carbocycles. The number of carbonyl (C=O) groups excluding carboxylic acids is 1. The minimum absolute atomic E-state index is 0.161. The number of nitrogens with zero attached hydrogens (tertiary/aromatic N) is 1. The molecule has 114 valence electrons. The Balaban J connectivity index is 1.63. The number of ether oxygens (including phenoxy) is 1. The molecule has 2 fully saturated rings. The summed E-state index contributed by atoms with van der Waals surface area (Å²) in [5.41, 5.74) is 1.11. The maximum absolute atomic E-state index is 12.4. The highest BCUT2D eigenvalue weighted by Crippen LogP contribution is 2.29. The van der Waals surface area contributed by atoms with Crippen molar-refractivity contribution in [2.75, 3.05) is 13.2 Å². The van der Waals surface area contributed by atoms with E-state index in [-0.39, 0.29) is 25.3 Å². The van der Waals surface area contributed by atoms with Gasteiger partial charge in [0.1, 0.15) is 5.92 Å². The SMILES string of the molecule is O=C(O)C1COCC1NC(=O)N(Cc1ccsc1)C1CC1. The number of nitrogens with one attached hydrogen (secondary N) is 1. The molecule has 2 aliphatic rings. The molecule has 1 aliphatic carbocycles. The van der Waals surface area contributed by atoms with Gasteiger partial charge in [-0.2, -0.15) is 11.3 Å².